The SMILES string of the molecule is Cc1ccccc1-n1nc(C(C)(C)C)cc1NC(=O)CN(Cc1ccco1)C(=O)c1cccc([N+](=O)[O-])c1. The Balaban J connectivity index is 1.63. The number of furan rings is 1. The second kappa shape index (κ2) is 10.7. The molecular formula is C28H29N5O5. The molecule has 0 spiro atoms. The van der Waals surface area contributed by atoms with E-state index in [2.05, 4.69) is 5.32 Å². The Morgan fingerprint density at radius 1 is 1.08 bits per heavy atom. The standard InChI is InChI=1S/C28H29N5O5/c1-19-9-5-6-13-23(19)32-25(16-24(30-32)28(2,3)4)29-26(34)18-31(17-22-12-8-14-38-22)27(35)20-10-7-11-21(15-20)33(36)37/h5-16H,17-18H2,1-4H3,(H,29,34). The molecular weight excluding hydrogens is 486 g/mol. The average Bonchev–Trinajstić information content (AvgIpc) is 3.53. The quantitative estimate of drug-likeness (QED) is 0.252. The Hall–Kier alpha value is -4.73. The van der Waals surface area contributed by atoms with E-state index in [1.54, 1.807) is 16.8 Å². The van der Waals surface area contributed by atoms with E-state index in [-0.39, 0.29) is 29.8 Å². The van der Waals surface area contributed by atoms with Crippen LogP contribution in [0.3, 0.4) is 0 Å². The van der Waals surface area contributed by atoms with Crippen LogP contribution in [0.5, 0.6) is 0 Å². The highest BCUT2D eigenvalue weighted by Gasteiger charge is 2.25. The Morgan fingerprint density at radius 3 is 2.50 bits per heavy atom. The molecule has 0 saturated carbocycles. The minimum Gasteiger partial charge on any atom is -0.467 e. The van der Waals surface area contributed by atoms with Crippen molar-refractivity contribution in [2.24, 2.45) is 0 Å². The predicted molar refractivity (Wildman–Crippen MR) is 142 cm³/mol. The van der Waals surface area contributed by atoms with E-state index in [9.17, 15) is 19.7 Å². The number of nitro groups is 1. The van der Waals surface area contributed by atoms with Gasteiger partial charge in [-0.25, -0.2) is 4.68 Å². The lowest BCUT2D eigenvalue weighted by Crippen LogP contribution is -2.37. The molecule has 4 aromatic rings. The number of anilines is 1. The molecule has 0 radical (unpaired) electrons. The maximum absolute atomic E-state index is 13.4. The molecule has 10 nitrogen and oxygen atoms in total. The molecule has 0 saturated heterocycles. The number of aromatic nitrogens is 2. The van der Waals surface area contributed by atoms with Gasteiger partial charge in [0.05, 0.1) is 29.1 Å². The van der Waals surface area contributed by atoms with Crippen LogP contribution < -0.4 is 5.32 Å². The second-order valence-corrected chi connectivity index (χ2v) is 9.96. The summed E-state index contributed by atoms with van der Waals surface area (Å²) in [6.07, 6.45) is 1.47. The third-order valence-electron chi connectivity index (χ3n) is 5.94. The van der Waals surface area contributed by atoms with E-state index in [1.165, 1.54) is 35.4 Å². The third-order valence-corrected chi connectivity index (χ3v) is 5.94. The molecule has 0 atom stereocenters. The third kappa shape index (κ3) is 5.97. The van der Waals surface area contributed by atoms with Gasteiger partial charge in [0.2, 0.25) is 5.91 Å². The number of hydrogen-bond donors (Lipinski definition) is 1. The number of benzene rings is 2. The summed E-state index contributed by atoms with van der Waals surface area (Å²) in [5.74, 6) is -0.0555. The van der Waals surface area contributed by atoms with Crippen LogP contribution in [0.25, 0.3) is 5.69 Å². The summed E-state index contributed by atoms with van der Waals surface area (Å²) in [5, 5.41) is 18.9. The van der Waals surface area contributed by atoms with Gasteiger partial charge in [-0.3, -0.25) is 19.7 Å². The Kier molecular flexibility index (Phi) is 7.43. The summed E-state index contributed by atoms with van der Waals surface area (Å²) in [5.41, 5.74) is 2.20. The van der Waals surface area contributed by atoms with Gasteiger partial charge in [-0.05, 0) is 36.8 Å². The van der Waals surface area contributed by atoms with E-state index in [4.69, 9.17) is 9.52 Å². The molecule has 0 unspecified atom stereocenters. The largest absolute Gasteiger partial charge is 0.467 e. The first-order valence-corrected chi connectivity index (χ1v) is 12.1. The molecule has 0 fully saturated rings. The van der Waals surface area contributed by atoms with Gasteiger partial charge in [-0.1, -0.05) is 45.0 Å². The van der Waals surface area contributed by atoms with E-state index in [1.807, 2.05) is 58.0 Å². The summed E-state index contributed by atoms with van der Waals surface area (Å²) in [6.45, 7) is 7.75. The van der Waals surface area contributed by atoms with Gasteiger partial charge in [0.25, 0.3) is 11.6 Å². The predicted octanol–water partition coefficient (Wildman–Crippen LogP) is 5.26. The number of nitro benzene ring substituents is 1. The van der Waals surface area contributed by atoms with E-state index < -0.39 is 16.7 Å². The first-order valence-electron chi connectivity index (χ1n) is 12.1. The van der Waals surface area contributed by atoms with Crippen LogP contribution in [-0.4, -0.2) is 38.0 Å². The van der Waals surface area contributed by atoms with Crippen molar-refractivity contribution in [3.05, 3.63) is 106 Å². The van der Waals surface area contributed by atoms with Crippen molar-refractivity contribution in [1.82, 2.24) is 14.7 Å². The Labute approximate surface area is 220 Å². The highest BCUT2D eigenvalue weighted by atomic mass is 16.6. The fourth-order valence-electron chi connectivity index (χ4n) is 3.90. The van der Waals surface area contributed by atoms with Crippen LogP contribution in [-0.2, 0) is 16.8 Å². The zero-order chi connectivity index (χ0) is 27.4. The highest BCUT2D eigenvalue weighted by molar-refractivity contribution is 5.99. The summed E-state index contributed by atoms with van der Waals surface area (Å²) in [4.78, 5) is 38.6. The number of carbonyl (C=O) groups is 2. The van der Waals surface area contributed by atoms with Gasteiger partial charge in [-0.15, -0.1) is 0 Å². The maximum atomic E-state index is 13.4. The van der Waals surface area contributed by atoms with Crippen molar-refractivity contribution in [2.75, 3.05) is 11.9 Å². The molecule has 2 aromatic carbocycles. The number of amides is 2. The Bertz CT molecular complexity index is 1470. The maximum Gasteiger partial charge on any atom is 0.270 e. The first-order chi connectivity index (χ1) is 18.0. The molecule has 1 N–H and O–H groups in total. The number of aryl methyl sites for hydroxylation is 1. The van der Waals surface area contributed by atoms with Crippen molar-refractivity contribution in [3.63, 3.8) is 0 Å². The number of carbonyl (C=O) groups excluding carboxylic acids is 2. The smallest absolute Gasteiger partial charge is 0.270 e. The molecule has 10 heteroatoms. The molecule has 0 aliphatic carbocycles. The number of nitrogens with zero attached hydrogens (tertiary/aromatic N) is 4. The van der Waals surface area contributed by atoms with E-state index >= 15 is 0 Å². The second-order valence-electron chi connectivity index (χ2n) is 9.96. The lowest BCUT2D eigenvalue weighted by Gasteiger charge is -2.21. The van der Waals surface area contributed by atoms with Gasteiger partial charge in [0.1, 0.15) is 18.1 Å². The minimum atomic E-state index is -0.570. The normalized spacial score (nSPS) is 11.3. The van der Waals surface area contributed by atoms with Crippen molar-refractivity contribution in [3.8, 4) is 5.69 Å². The summed E-state index contributed by atoms with van der Waals surface area (Å²) < 4.78 is 7.08. The number of para-hydroxylation sites is 1. The summed E-state index contributed by atoms with van der Waals surface area (Å²) in [7, 11) is 0. The van der Waals surface area contributed by atoms with Crippen molar-refractivity contribution < 1.29 is 18.9 Å². The summed E-state index contributed by atoms with van der Waals surface area (Å²) >= 11 is 0. The van der Waals surface area contributed by atoms with Crippen molar-refractivity contribution in [1.29, 1.82) is 0 Å². The fraction of sp³-hybridized carbons (Fsp3) is 0.250. The molecule has 0 bridgehead atoms. The van der Waals surface area contributed by atoms with Crippen LogP contribution in [0.1, 0.15) is 48.1 Å². The monoisotopic (exact) mass is 515 g/mol. The van der Waals surface area contributed by atoms with Gasteiger partial charge in [0.15, 0.2) is 0 Å². The lowest BCUT2D eigenvalue weighted by atomic mass is 9.92. The highest BCUT2D eigenvalue weighted by Crippen LogP contribution is 2.27. The number of non-ortho nitro benzene ring substituents is 1. The van der Waals surface area contributed by atoms with E-state index in [0.717, 1.165) is 16.9 Å². The van der Waals surface area contributed by atoms with Gasteiger partial charge in [0, 0.05) is 29.2 Å². The van der Waals surface area contributed by atoms with E-state index in [0.29, 0.717) is 11.6 Å². The topological polar surface area (TPSA) is 124 Å². The van der Waals surface area contributed by atoms with Crippen LogP contribution >= 0.6 is 0 Å². The molecule has 4 rings (SSSR count). The zero-order valence-corrected chi connectivity index (χ0v) is 21.7. The van der Waals surface area contributed by atoms with Gasteiger partial charge in [-0.2, -0.15) is 5.10 Å². The first kappa shape index (κ1) is 26.3. The van der Waals surface area contributed by atoms with Gasteiger partial charge < -0.3 is 14.6 Å². The number of hydrogen-bond acceptors (Lipinski definition) is 6. The van der Waals surface area contributed by atoms with Crippen LogP contribution in [0.2, 0.25) is 0 Å². The molecule has 2 aromatic heterocycles. The van der Waals surface area contributed by atoms with Gasteiger partial charge >= 0.3 is 0 Å². The Morgan fingerprint density at radius 2 is 1.84 bits per heavy atom. The average molecular weight is 516 g/mol. The van der Waals surface area contributed by atoms with Crippen LogP contribution in [0, 0.1) is 17.0 Å². The molecule has 2 heterocycles. The van der Waals surface area contributed by atoms with Crippen LogP contribution in [0.15, 0.2) is 77.4 Å². The zero-order valence-electron chi connectivity index (χ0n) is 21.7. The number of nitrogens with one attached hydrogen (secondary N) is 1. The minimum absolute atomic E-state index is 0.00619. The molecule has 196 valence electrons. The number of rotatable bonds is 8. The summed E-state index contributed by atoms with van der Waals surface area (Å²) in [6, 6.07) is 18.3. The molecule has 38 heavy (non-hydrogen) atoms. The van der Waals surface area contributed by atoms with Crippen LogP contribution in [0.4, 0.5) is 11.5 Å². The molecule has 0 aliphatic rings. The van der Waals surface area contributed by atoms with Crippen molar-refractivity contribution in [2.45, 2.75) is 39.7 Å². The fourth-order valence-corrected chi connectivity index (χ4v) is 3.90. The van der Waals surface area contributed by atoms with Crippen molar-refractivity contribution >= 4 is 23.3 Å². The lowest BCUT2D eigenvalue weighted by molar-refractivity contribution is -0.384. The molecule has 2 amide bonds. The molecule has 0 aliphatic heterocycles.